The van der Waals surface area contributed by atoms with Gasteiger partial charge in [-0.1, -0.05) is 6.07 Å². The molecule has 1 aromatic carbocycles. The maximum absolute atomic E-state index is 11.2. The quantitative estimate of drug-likeness (QED) is 0.447. The summed E-state index contributed by atoms with van der Waals surface area (Å²) in [5, 5.41) is 13.2. The van der Waals surface area contributed by atoms with E-state index < -0.39 is 4.92 Å². The first-order valence-corrected chi connectivity index (χ1v) is 5.36. The highest BCUT2D eigenvalue weighted by molar-refractivity contribution is 5.77. The minimum absolute atomic E-state index is 0.109. The number of hydrogen-bond donors (Lipinski definition) is 2. The number of carbonyl (C=O) groups is 1. The lowest BCUT2D eigenvalue weighted by molar-refractivity contribution is -0.384. The van der Waals surface area contributed by atoms with E-state index in [9.17, 15) is 14.9 Å². The molecule has 0 saturated carbocycles. The Morgan fingerprint density at radius 2 is 2.22 bits per heavy atom. The van der Waals surface area contributed by atoms with Crippen molar-refractivity contribution in [1.82, 2.24) is 10.2 Å². The number of rotatable bonds is 5. The second-order valence-corrected chi connectivity index (χ2v) is 4.00. The van der Waals surface area contributed by atoms with E-state index in [2.05, 4.69) is 5.32 Å². The number of anilines is 1. The predicted octanol–water partition coefficient (Wildman–Crippen LogP) is 0.355. The second-order valence-electron chi connectivity index (χ2n) is 4.00. The molecular weight excluding hydrogens is 236 g/mol. The first kappa shape index (κ1) is 13.9. The molecule has 0 unspecified atom stereocenters. The summed E-state index contributed by atoms with van der Waals surface area (Å²) < 4.78 is 0. The van der Waals surface area contributed by atoms with E-state index in [1.165, 1.54) is 12.1 Å². The van der Waals surface area contributed by atoms with Crippen LogP contribution >= 0.6 is 0 Å². The zero-order valence-electron chi connectivity index (χ0n) is 10.3. The molecule has 1 amide bonds. The van der Waals surface area contributed by atoms with Gasteiger partial charge in [0.1, 0.15) is 5.69 Å². The zero-order valence-corrected chi connectivity index (χ0v) is 10.3. The van der Waals surface area contributed by atoms with Crippen molar-refractivity contribution in [3.05, 3.63) is 33.9 Å². The number of nitrogen functional groups attached to an aromatic ring is 1. The van der Waals surface area contributed by atoms with Crippen LogP contribution in [0.3, 0.4) is 0 Å². The minimum atomic E-state index is -0.516. The van der Waals surface area contributed by atoms with E-state index in [1.54, 1.807) is 25.1 Å². The van der Waals surface area contributed by atoms with Crippen LogP contribution in [-0.2, 0) is 11.3 Å². The molecule has 1 aromatic rings. The molecule has 0 spiro atoms. The highest BCUT2D eigenvalue weighted by Crippen LogP contribution is 2.22. The van der Waals surface area contributed by atoms with Crippen LogP contribution in [0.4, 0.5) is 11.4 Å². The van der Waals surface area contributed by atoms with Crippen LogP contribution in [0.25, 0.3) is 0 Å². The Hall–Kier alpha value is -2.15. The minimum Gasteiger partial charge on any atom is -0.393 e. The van der Waals surface area contributed by atoms with Crippen molar-refractivity contribution in [3.63, 3.8) is 0 Å². The number of nitro groups is 1. The summed E-state index contributed by atoms with van der Waals surface area (Å²) in [7, 11) is 3.32. The largest absolute Gasteiger partial charge is 0.393 e. The molecule has 0 aliphatic carbocycles. The predicted molar refractivity (Wildman–Crippen MR) is 67.9 cm³/mol. The average Bonchev–Trinajstić information content (AvgIpc) is 2.31. The van der Waals surface area contributed by atoms with Crippen molar-refractivity contribution in [2.24, 2.45) is 0 Å². The Morgan fingerprint density at radius 3 is 2.78 bits per heavy atom. The lowest BCUT2D eigenvalue weighted by Crippen LogP contribution is -2.32. The fraction of sp³-hybridized carbons (Fsp3) is 0.364. The van der Waals surface area contributed by atoms with Gasteiger partial charge in [0.05, 0.1) is 11.5 Å². The van der Waals surface area contributed by atoms with Gasteiger partial charge in [0.25, 0.3) is 5.69 Å². The summed E-state index contributed by atoms with van der Waals surface area (Å²) in [6.45, 7) is 0.670. The number of hydrogen-bond acceptors (Lipinski definition) is 5. The number of nitrogens with one attached hydrogen (secondary N) is 1. The van der Waals surface area contributed by atoms with Crippen molar-refractivity contribution < 1.29 is 9.72 Å². The van der Waals surface area contributed by atoms with Gasteiger partial charge >= 0.3 is 0 Å². The van der Waals surface area contributed by atoms with Crippen LogP contribution in [-0.4, -0.2) is 36.4 Å². The van der Waals surface area contributed by atoms with Gasteiger partial charge < -0.3 is 11.1 Å². The molecule has 18 heavy (non-hydrogen) atoms. The monoisotopic (exact) mass is 252 g/mol. The SMILES string of the molecule is CNC(=O)CN(C)Cc1ccc(N)c([N+](=O)[O-])c1. The molecule has 0 aromatic heterocycles. The zero-order chi connectivity index (χ0) is 13.7. The Labute approximate surface area is 105 Å². The number of nitrogens with two attached hydrogens (primary N) is 1. The van der Waals surface area contributed by atoms with Crippen molar-refractivity contribution in [1.29, 1.82) is 0 Å². The molecule has 98 valence electrons. The van der Waals surface area contributed by atoms with Crippen molar-refractivity contribution in [2.45, 2.75) is 6.54 Å². The summed E-state index contributed by atoms with van der Waals surface area (Å²) in [5.74, 6) is -0.109. The normalized spacial score (nSPS) is 10.4. The number of nitrogens with zero attached hydrogens (tertiary/aromatic N) is 2. The van der Waals surface area contributed by atoms with Crippen molar-refractivity contribution >= 4 is 17.3 Å². The summed E-state index contributed by atoms with van der Waals surface area (Å²) >= 11 is 0. The number of nitro benzene ring substituents is 1. The highest BCUT2D eigenvalue weighted by atomic mass is 16.6. The molecular formula is C11H16N4O3. The lowest BCUT2D eigenvalue weighted by Gasteiger charge is -2.15. The van der Waals surface area contributed by atoms with E-state index in [0.717, 1.165) is 5.56 Å². The van der Waals surface area contributed by atoms with E-state index in [0.29, 0.717) is 6.54 Å². The van der Waals surface area contributed by atoms with Gasteiger partial charge in [0, 0.05) is 19.7 Å². The molecule has 0 bridgehead atoms. The molecule has 1 rings (SSSR count). The third-order valence-corrected chi connectivity index (χ3v) is 2.44. The van der Waals surface area contributed by atoms with Crippen molar-refractivity contribution in [3.8, 4) is 0 Å². The van der Waals surface area contributed by atoms with Crippen LogP contribution in [0.5, 0.6) is 0 Å². The van der Waals surface area contributed by atoms with E-state index in [-0.39, 0.29) is 23.8 Å². The molecule has 7 nitrogen and oxygen atoms in total. The summed E-state index contributed by atoms with van der Waals surface area (Å²) in [4.78, 5) is 23.1. The second kappa shape index (κ2) is 5.97. The molecule has 3 N–H and O–H groups in total. The highest BCUT2D eigenvalue weighted by Gasteiger charge is 2.13. The van der Waals surface area contributed by atoms with Gasteiger partial charge in [0.2, 0.25) is 5.91 Å². The number of benzene rings is 1. The third-order valence-electron chi connectivity index (χ3n) is 2.44. The topological polar surface area (TPSA) is 102 Å². The maximum atomic E-state index is 11.2. The molecule has 0 heterocycles. The average molecular weight is 252 g/mol. The first-order valence-electron chi connectivity index (χ1n) is 5.36. The van der Waals surface area contributed by atoms with Gasteiger partial charge in [-0.3, -0.25) is 19.8 Å². The van der Waals surface area contributed by atoms with Crippen LogP contribution in [0.15, 0.2) is 18.2 Å². The molecule has 0 fully saturated rings. The van der Waals surface area contributed by atoms with Crippen molar-refractivity contribution in [2.75, 3.05) is 26.4 Å². The number of carbonyl (C=O) groups excluding carboxylic acids is 1. The van der Waals surface area contributed by atoms with Crippen LogP contribution in [0, 0.1) is 10.1 Å². The summed E-state index contributed by atoms with van der Waals surface area (Å²) in [6, 6.07) is 4.64. The van der Waals surface area contributed by atoms with Gasteiger partial charge in [-0.2, -0.15) is 0 Å². The van der Waals surface area contributed by atoms with E-state index >= 15 is 0 Å². The Bertz CT molecular complexity index is 462. The van der Waals surface area contributed by atoms with Crippen LogP contribution in [0.1, 0.15) is 5.56 Å². The Kier molecular flexibility index (Phi) is 4.61. The fourth-order valence-electron chi connectivity index (χ4n) is 1.54. The number of likely N-dealkylation sites (N-methyl/N-ethyl adjacent to an activating group) is 2. The Balaban J connectivity index is 2.76. The van der Waals surface area contributed by atoms with Gasteiger partial charge in [0.15, 0.2) is 0 Å². The molecule has 7 heteroatoms. The van der Waals surface area contributed by atoms with Crippen LogP contribution < -0.4 is 11.1 Å². The van der Waals surface area contributed by atoms with Crippen LogP contribution in [0.2, 0.25) is 0 Å². The molecule has 0 saturated heterocycles. The molecule has 0 aliphatic heterocycles. The smallest absolute Gasteiger partial charge is 0.292 e. The summed E-state index contributed by atoms with van der Waals surface area (Å²) in [6.07, 6.45) is 0. The maximum Gasteiger partial charge on any atom is 0.292 e. The third kappa shape index (κ3) is 3.70. The molecule has 0 aliphatic rings. The Morgan fingerprint density at radius 1 is 1.56 bits per heavy atom. The van der Waals surface area contributed by atoms with Gasteiger partial charge in [-0.05, 0) is 18.7 Å². The molecule has 0 atom stereocenters. The number of amides is 1. The van der Waals surface area contributed by atoms with Gasteiger partial charge in [-0.25, -0.2) is 0 Å². The first-order chi connectivity index (χ1) is 8.43. The fourth-order valence-corrected chi connectivity index (χ4v) is 1.54. The standard InChI is InChI=1S/C11H16N4O3/c1-13-11(16)7-14(2)6-8-3-4-9(12)10(5-8)15(17)18/h3-5H,6-7,12H2,1-2H3,(H,13,16). The summed E-state index contributed by atoms with van der Waals surface area (Å²) in [5.41, 5.74) is 6.27. The lowest BCUT2D eigenvalue weighted by atomic mass is 10.1. The van der Waals surface area contributed by atoms with Gasteiger partial charge in [-0.15, -0.1) is 0 Å². The molecule has 0 radical (unpaired) electrons. The van der Waals surface area contributed by atoms with E-state index in [4.69, 9.17) is 5.73 Å². The van der Waals surface area contributed by atoms with E-state index in [1.807, 2.05) is 0 Å².